The minimum absolute atomic E-state index is 0.290. The van der Waals surface area contributed by atoms with E-state index in [1.165, 1.54) is 45.1 Å². The topological polar surface area (TPSA) is 29.3 Å². The Hall–Kier alpha value is -0.380. The molecule has 2 atom stereocenters. The molecule has 1 aromatic heterocycles. The van der Waals surface area contributed by atoms with Crippen molar-refractivity contribution in [1.82, 2.24) is 4.90 Å². The molecule has 0 aromatic carbocycles. The summed E-state index contributed by atoms with van der Waals surface area (Å²) in [5, 5.41) is 2.25. The van der Waals surface area contributed by atoms with Gasteiger partial charge in [-0.15, -0.1) is 11.3 Å². The van der Waals surface area contributed by atoms with Gasteiger partial charge in [-0.25, -0.2) is 0 Å². The molecule has 1 aromatic rings. The van der Waals surface area contributed by atoms with Crippen molar-refractivity contribution < 1.29 is 0 Å². The first-order valence-electron chi connectivity index (χ1n) is 7.78. The summed E-state index contributed by atoms with van der Waals surface area (Å²) in [6.07, 6.45) is 7.95. The smallest absolute Gasteiger partial charge is 0.0338 e. The van der Waals surface area contributed by atoms with Crippen molar-refractivity contribution in [3.63, 3.8) is 0 Å². The van der Waals surface area contributed by atoms with Gasteiger partial charge >= 0.3 is 0 Å². The second-order valence-corrected chi connectivity index (χ2v) is 7.34. The van der Waals surface area contributed by atoms with Crippen molar-refractivity contribution in [3.05, 3.63) is 21.9 Å². The molecule has 2 unspecified atom stereocenters. The van der Waals surface area contributed by atoms with Gasteiger partial charge < -0.3 is 5.73 Å². The largest absolute Gasteiger partial charge is 0.329 e. The molecule has 0 bridgehead atoms. The second-order valence-electron chi connectivity index (χ2n) is 6.34. The zero-order chi connectivity index (χ0) is 13.3. The van der Waals surface area contributed by atoms with Crippen LogP contribution in [0, 0.1) is 5.92 Å². The van der Waals surface area contributed by atoms with Gasteiger partial charge in [0.15, 0.2) is 0 Å². The Kier molecular flexibility index (Phi) is 3.97. The molecule has 1 aliphatic carbocycles. The lowest BCUT2D eigenvalue weighted by Gasteiger charge is -2.49. The molecule has 1 saturated carbocycles. The number of nitrogens with two attached hydrogens (primary N) is 1. The van der Waals surface area contributed by atoms with Crippen molar-refractivity contribution >= 4 is 11.3 Å². The monoisotopic (exact) mass is 278 g/mol. The first kappa shape index (κ1) is 13.6. The Labute approximate surface area is 121 Å². The Morgan fingerprint density at radius 3 is 3.21 bits per heavy atom. The first-order chi connectivity index (χ1) is 9.27. The lowest BCUT2D eigenvalue weighted by molar-refractivity contribution is 0.0245. The van der Waals surface area contributed by atoms with Crippen LogP contribution in [0.3, 0.4) is 0 Å². The summed E-state index contributed by atoms with van der Waals surface area (Å²) in [4.78, 5) is 4.32. The maximum atomic E-state index is 6.24. The van der Waals surface area contributed by atoms with Crippen molar-refractivity contribution in [2.45, 2.75) is 57.5 Å². The van der Waals surface area contributed by atoms with Gasteiger partial charge in [0.1, 0.15) is 0 Å². The van der Waals surface area contributed by atoms with Crippen LogP contribution >= 0.6 is 11.3 Å². The van der Waals surface area contributed by atoms with Gasteiger partial charge in [-0.1, -0.05) is 26.2 Å². The van der Waals surface area contributed by atoms with Gasteiger partial charge in [-0.2, -0.15) is 0 Å². The molecule has 2 N–H and O–H groups in total. The van der Waals surface area contributed by atoms with Crippen molar-refractivity contribution in [2.75, 3.05) is 13.1 Å². The summed E-state index contributed by atoms with van der Waals surface area (Å²) in [5.41, 5.74) is 8.09. The van der Waals surface area contributed by atoms with E-state index in [-0.39, 0.29) is 0 Å². The average Bonchev–Trinajstić information content (AvgIpc) is 2.94. The fraction of sp³-hybridized carbons (Fsp3) is 0.750. The molecule has 0 saturated heterocycles. The van der Waals surface area contributed by atoms with E-state index in [1.807, 2.05) is 11.3 Å². The van der Waals surface area contributed by atoms with Gasteiger partial charge in [-0.3, -0.25) is 4.90 Å². The van der Waals surface area contributed by atoms with E-state index in [0.717, 1.165) is 19.0 Å². The molecule has 3 rings (SSSR count). The maximum Gasteiger partial charge on any atom is 0.0338 e. The van der Waals surface area contributed by atoms with Crippen LogP contribution in [0.15, 0.2) is 11.4 Å². The molecule has 0 spiro atoms. The molecule has 0 radical (unpaired) electrons. The third-order valence-electron chi connectivity index (χ3n) is 5.36. The minimum atomic E-state index is 0.290. The summed E-state index contributed by atoms with van der Waals surface area (Å²) in [6.45, 7) is 5.51. The summed E-state index contributed by atoms with van der Waals surface area (Å²) in [6, 6.07) is 2.32. The first-order valence-corrected chi connectivity index (χ1v) is 8.66. The van der Waals surface area contributed by atoms with Crippen LogP contribution in [0.1, 0.15) is 49.5 Å². The summed E-state index contributed by atoms with van der Waals surface area (Å²) in [5.74, 6) is 0.890. The van der Waals surface area contributed by atoms with E-state index < -0.39 is 0 Å². The van der Waals surface area contributed by atoms with Crippen LogP contribution in [-0.4, -0.2) is 23.5 Å². The summed E-state index contributed by atoms with van der Waals surface area (Å²) < 4.78 is 0. The van der Waals surface area contributed by atoms with Crippen LogP contribution in [0.2, 0.25) is 0 Å². The quantitative estimate of drug-likeness (QED) is 0.918. The van der Waals surface area contributed by atoms with Gasteiger partial charge in [0, 0.05) is 30.1 Å². The van der Waals surface area contributed by atoms with Crippen molar-refractivity contribution in [2.24, 2.45) is 11.7 Å². The molecule has 2 nitrogen and oxygen atoms in total. The van der Waals surface area contributed by atoms with Gasteiger partial charge in [0.2, 0.25) is 0 Å². The zero-order valence-electron chi connectivity index (χ0n) is 12.0. The molecule has 106 valence electrons. The molecule has 2 heterocycles. The highest BCUT2D eigenvalue weighted by Crippen LogP contribution is 2.40. The molecule has 0 amide bonds. The Morgan fingerprint density at radius 1 is 1.53 bits per heavy atom. The SMILES string of the molecule is CCC1CCCC(CN)(N2CCc3sccc3C2)C1. The molecular formula is C16H26N2S. The molecule has 3 heteroatoms. The molecule has 1 fully saturated rings. The van der Waals surface area contributed by atoms with Gasteiger partial charge in [0.05, 0.1) is 0 Å². The molecular weight excluding hydrogens is 252 g/mol. The van der Waals surface area contributed by atoms with Crippen LogP contribution < -0.4 is 5.73 Å². The average molecular weight is 278 g/mol. The number of hydrogen-bond acceptors (Lipinski definition) is 3. The second kappa shape index (κ2) is 5.55. The maximum absolute atomic E-state index is 6.24. The summed E-state index contributed by atoms with van der Waals surface area (Å²) >= 11 is 1.93. The van der Waals surface area contributed by atoms with Crippen molar-refractivity contribution in [3.8, 4) is 0 Å². The summed E-state index contributed by atoms with van der Waals surface area (Å²) in [7, 11) is 0. The highest BCUT2D eigenvalue weighted by molar-refractivity contribution is 7.10. The third-order valence-corrected chi connectivity index (χ3v) is 6.38. The van der Waals surface area contributed by atoms with E-state index in [0.29, 0.717) is 5.54 Å². The normalized spacial score (nSPS) is 32.2. The fourth-order valence-corrected chi connectivity index (χ4v) is 4.95. The highest BCUT2D eigenvalue weighted by atomic mass is 32.1. The van der Waals surface area contributed by atoms with E-state index in [2.05, 4.69) is 23.3 Å². The number of nitrogens with zero attached hydrogens (tertiary/aromatic N) is 1. The number of fused-ring (bicyclic) bond motifs is 1. The van der Waals surface area contributed by atoms with Crippen LogP contribution in [0.5, 0.6) is 0 Å². The molecule has 1 aliphatic heterocycles. The van der Waals surface area contributed by atoms with Gasteiger partial charge in [0.25, 0.3) is 0 Å². The third kappa shape index (κ3) is 2.48. The Bertz CT molecular complexity index is 428. The molecule has 19 heavy (non-hydrogen) atoms. The Morgan fingerprint density at radius 2 is 2.42 bits per heavy atom. The van der Waals surface area contributed by atoms with Crippen molar-refractivity contribution in [1.29, 1.82) is 0 Å². The van der Waals surface area contributed by atoms with E-state index in [4.69, 9.17) is 5.73 Å². The highest BCUT2D eigenvalue weighted by Gasteiger charge is 2.40. The zero-order valence-corrected chi connectivity index (χ0v) is 12.8. The number of hydrogen-bond donors (Lipinski definition) is 1. The minimum Gasteiger partial charge on any atom is -0.329 e. The Balaban J connectivity index is 1.79. The predicted molar refractivity (Wildman–Crippen MR) is 82.5 cm³/mol. The van der Waals surface area contributed by atoms with E-state index >= 15 is 0 Å². The predicted octanol–water partition coefficient (Wildman–Crippen LogP) is 3.40. The lowest BCUT2D eigenvalue weighted by Crippen LogP contribution is -2.57. The van der Waals surface area contributed by atoms with Crippen LogP contribution in [0.25, 0.3) is 0 Å². The lowest BCUT2D eigenvalue weighted by atomic mass is 9.73. The van der Waals surface area contributed by atoms with E-state index in [1.54, 1.807) is 10.4 Å². The van der Waals surface area contributed by atoms with Crippen LogP contribution in [0.4, 0.5) is 0 Å². The number of rotatable bonds is 3. The van der Waals surface area contributed by atoms with Crippen LogP contribution in [-0.2, 0) is 13.0 Å². The number of thiophene rings is 1. The van der Waals surface area contributed by atoms with Gasteiger partial charge in [-0.05, 0) is 42.2 Å². The fourth-order valence-electron chi connectivity index (χ4n) is 4.06. The van der Waals surface area contributed by atoms with E-state index in [9.17, 15) is 0 Å². The standard InChI is InChI=1S/C16H26N2S/c1-2-13-4-3-7-16(10-13,12-17)18-8-5-15-14(11-18)6-9-19-15/h6,9,13H,2-5,7-8,10-12,17H2,1H3. The molecule has 2 aliphatic rings.